The maximum Gasteiger partial charge on any atom is -0.0382 e. The Bertz CT molecular complexity index is 74.0. The van der Waals surface area contributed by atoms with E-state index in [0.717, 1.165) is 6.42 Å². The molecule has 0 fully saturated rings. The van der Waals surface area contributed by atoms with Gasteiger partial charge in [0.25, 0.3) is 0 Å². The fourth-order valence-electron chi connectivity index (χ4n) is 0. The Kier molecular flexibility index (Phi) is 73.9. The summed E-state index contributed by atoms with van der Waals surface area (Å²) >= 11 is 0. The summed E-state index contributed by atoms with van der Waals surface area (Å²) < 4.78 is 0. The van der Waals surface area contributed by atoms with E-state index in [0.29, 0.717) is 0 Å². The zero-order chi connectivity index (χ0) is 11.7. The monoisotopic (exact) mass is 186 g/mol. The molecule has 0 bridgehead atoms. The maximum absolute atomic E-state index is 3.48. The van der Waals surface area contributed by atoms with Gasteiger partial charge < -0.3 is 0 Å². The fourth-order valence-corrected chi connectivity index (χ4v) is 0. The number of rotatable bonds is 1. The summed E-state index contributed by atoms with van der Waals surface area (Å²) in [6.45, 7) is 19.7. The third kappa shape index (κ3) is 168. The second kappa shape index (κ2) is 42.0. The highest BCUT2D eigenvalue weighted by Gasteiger charge is 1.60. The van der Waals surface area contributed by atoms with E-state index in [4.69, 9.17) is 0 Å². The van der Waals surface area contributed by atoms with Crippen molar-refractivity contribution in [1.29, 1.82) is 0 Å². The average molecular weight is 186 g/mol. The molecule has 0 saturated carbocycles. The second-order valence-corrected chi connectivity index (χ2v) is 2.06. The molecule has 0 amide bonds. The normalized spacial score (nSPS) is 5.54. The van der Waals surface area contributed by atoms with Gasteiger partial charge in [-0.25, -0.2) is 0 Å². The van der Waals surface area contributed by atoms with Crippen molar-refractivity contribution in [2.75, 3.05) is 0 Å². The van der Waals surface area contributed by atoms with Crippen LogP contribution in [0.1, 0.15) is 61.8 Å². The lowest BCUT2D eigenvalue weighted by molar-refractivity contribution is 1.23. The van der Waals surface area contributed by atoms with Crippen LogP contribution in [0.4, 0.5) is 0 Å². The predicted molar refractivity (Wildman–Crippen MR) is 68.3 cm³/mol. The SMILES string of the molecule is C=CCC.CC.CC.CC=C(C)C. The number of hydrogen-bond acceptors (Lipinski definition) is 0. The molecule has 0 aliphatic rings. The first kappa shape index (κ1) is 22.9. The minimum Gasteiger partial charge on any atom is -0.103 e. The van der Waals surface area contributed by atoms with Crippen LogP contribution in [0.15, 0.2) is 24.3 Å². The summed E-state index contributed by atoms with van der Waals surface area (Å²) in [5.41, 5.74) is 1.38. The average Bonchev–Trinajstić information content (AvgIpc) is 2.24. The minimum absolute atomic E-state index is 1.08. The predicted octanol–water partition coefficient (Wildman–Crippen LogP) is 5.61. The van der Waals surface area contributed by atoms with Gasteiger partial charge in [0.1, 0.15) is 0 Å². The van der Waals surface area contributed by atoms with E-state index >= 15 is 0 Å². The van der Waals surface area contributed by atoms with Crippen LogP contribution in [0.2, 0.25) is 0 Å². The van der Waals surface area contributed by atoms with Crippen LogP contribution in [0.25, 0.3) is 0 Å². The highest BCUT2D eigenvalue weighted by Crippen LogP contribution is 1.82. The largest absolute Gasteiger partial charge is 0.103 e. The van der Waals surface area contributed by atoms with Crippen LogP contribution in [0, 0.1) is 0 Å². The number of hydrogen-bond donors (Lipinski definition) is 0. The van der Waals surface area contributed by atoms with E-state index in [2.05, 4.69) is 33.4 Å². The third-order valence-electron chi connectivity index (χ3n) is 0.866. The molecule has 0 heterocycles. The molecule has 0 saturated heterocycles. The molecule has 0 spiro atoms. The van der Waals surface area contributed by atoms with Gasteiger partial charge in [-0.3, -0.25) is 0 Å². The molecule has 0 aliphatic heterocycles. The Morgan fingerprint density at radius 3 is 1.23 bits per heavy atom. The van der Waals surface area contributed by atoms with Crippen LogP contribution in [-0.2, 0) is 0 Å². The van der Waals surface area contributed by atoms with Gasteiger partial charge in [0.2, 0.25) is 0 Å². The van der Waals surface area contributed by atoms with Crippen molar-refractivity contribution in [3.05, 3.63) is 24.3 Å². The quantitative estimate of drug-likeness (QED) is 0.467. The molecule has 0 N–H and O–H groups in total. The minimum atomic E-state index is 1.08. The van der Waals surface area contributed by atoms with Crippen LogP contribution < -0.4 is 0 Å². The molecule has 0 unspecified atom stereocenters. The summed E-state index contributed by atoms with van der Waals surface area (Å²) in [4.78, 5) is 0. The summed E-state index contributed by atoms with van der Waals surface area (Å²) in [6.07, 6.45) is 5.04. The van der Waals surface area contributed by atoms with Gasteiger partial charge in [0.05, 0.1) is 0 Å². The lowest BCUT2D eigenvalue weighted by Gasteiger charge is -1.74. The van der Waals surface area contributed by atoms with Crippen molar-refractivity contribution in [1.82, 2.24) is 0 Å². The van der Waals surface area contributed by atoms with Crippen LogP contribution in [0.5, 0.6) is 0 Å². The molecular weight excluding hydrogens is 156 g/mol. The van der Waals surface area contributed by atoms with Gasteiger partial charge >= 0.3 is 0 Å². The molecule has 0 heteroatoms. The van der Waals surface area contributed by atoms with Crippen molar-refractivity contribution >= 4 is 0 Å². The maximum atomic E-state index is 3.48. The topological polar surface area (TPSA) is 0 Å². The van der Waals surface area contributed by atoms with Gasteiger partial charge in [-0.15, -0.1) is 6.58 Å². The van der Waals surface area contributed by atoms with Gasteiger partial charge in [-0.1, -0.05) is 52.3 Å². The Labute approximate surface area is 86.8 Å². The molecule has 13 heavy (non-hydrogen) atoms. The van der Waals surface area contributed by atoms with Crippen molar-refractivity contribution in [3.63, 3.8) is 0 Å². The Hall–Kier alpha value is -0.520. The van der Waals surface area contributed by atoms with Gasteiger partial charge in [0.15, 0.2) is 0 Å². The summed E-state index contributed by atoms with van der Waals surface area (Å²) in [7, 11) is 0. The summed E-state index contributed by atoms with van der Waals surface area (Å²) in [6, 6.07) is 0. The molecule has 82 valence electrons. The highest BCUT2D eigenvalue weighted by atomic mass is 13.7. The van der Waals surface area contributed by atoms with E-state index in [-0.39, 0.29) is 0 Å². The Morgan fingerprint density at radius 2 is 1.23 bits per heavy atom. The Morgan fingerprint density at radius 1 is 1.08 bits per heavy atom. The zero-order valence-electron chi connectivity index (χ0n) is 11.1. The van der Waals surface area contributed by atoms with Gasteiger partial charge in [0, 0.05) is 0 Å². The number of allylic oxidation sites excluding steroid dienone is 3. The Balaban J connectivity index is -0.0000000457. The highest BCUT2D eigenvalue weighted by molar-refractivity contribution is 4.88. The fraction of sp³-hybridized carbons (Fsp3) is 0.692. The van der Waals surface area contributed by atoms with Gasteiger partial charge in [-0.2, -0.15) is 0 Å². The smallest absolute Gasteiger partial charge is 0.0382 e. The standard InChI is InChI=1S/C5H10.C4H8.2C2H6/c1-4-5(2)3;1-3-4-2;2*1-2/h4H,1-3H3;3H,1,4H2,2H3;2*1-2H3. The first-order valence-corrected chi connectivity index (χ1v) is 5.39. The molecule has 0 radical (unpaired) electrons. The van der Waals surface area contributed by atoms with Crippen molar-refractivity contribution in [2.45, 2.75) is 61.8 Å². The second-order valence-electron chi connectivity index (χ2n) is 2.06. The first-order valence-electron chi connectivity index (χ1n) is 5.39. The lowest BCUT2D eigenvalue weighted by Crippen LogP contribution is -1.52. The molecule has 0 atom stereocenters. The molecule has 0 nitrogen and oxygen atoms in total. The van der Waals surface area contributed by atoms with E-state index in [1.54, 1.807) is 0 Å². The summed E-state index contributed by atoms with van der Waals surface area (Å²) in [5, 5.41) is 0. The molecule has 0 aromatic carbocycles. The summed E-state index contributed by atoms with van der Waals surface area (Å²) in [5.74, 6) is 0. The molecular formula is C13H30. The lowest BCUT2D eigenvalue weighted by atomic mass is 10.3. The van der Waals surface area contributed by atoms with Crippen molar-refractivity contribution < 1.29 is 0 Å². The molecule has 0 aliphatic carbocycles. The molecule has 0 rings (SSSR count). The first-order chi connectivity index (χ1) is 6.18. The third-order valence-corrected chi connectivity index (χ3v) is 0.866. The van der Waals surface area contributed by atoms with E-state index in [1.807, 2.05) is 40.7 Å². The van der Waals surface area contributed by atoms with E-state index < -0.39 is 0 Å². The van der Waals surface area contributed by atoms with Crippen LogP contribution >= 0.6 is 0 Å². The zero-order valence-corrected chi connectivity index (χ0v) is 11.1. The van der Waals surface area contributed by atoms with Crippen LogP contribution in [-0.4, -0.2) is 0 Å². The van der Waals surface area contributed by atoms with Crippen molar-refractivity contribution in [2.24, 2.45) is 0 Å². The van der Waals surface area contributed by atoms with E-state index in [9.17, 15) is 0 Å². The molecule has 0 aromatic rings. The van der Waals surface area contributed by atoms with E-state index in [1.165, 1.54) is 5.57 Å². The van der Waals surface area contributed by atoms with Crippen molar-refractivity contribution in [3.8, 4) is 0 Å². The molecule has 0 aromatic heterocycles. The van der Waals surface area contributed by atoms with Gasteiger partial charge in [-0.05, 0) is 27.2 Å². The van der Waals surface area contributed by atoms with Crippen LogP contribution in [0.3, 0.4) is 0 Å².